The van der Waals surface area contributed by atoms with E-state index < -0.39 is 59.9 Å². The number of nitrogens with one attached hydrogen (secondary N) is 3. The summed E-state index contributed by atoms with van der Waals surface area (Å²) in [4.78, 5) is 49.8. The summed E-state index contributed by atoms with van der Waals surface area (Å²) < 4.78 is 82.6. The number of benzene rings is 4. The van der Waals surface area contributed by atoms with Crippen LogP contribution < -0.4 is 30.7 Å². The van der Waals surface area contributed by atoms with E-state index in [4.69, 9.17) is 46.9 Å². The van der Waals surface area contributed by atoms with E-state index in [0.717, 1.165) is 24.8 Å². The molecule has 0 radical (unpaired) electrons. The molecule has 2 bridgehead atoms. The number of carbonyl (C=O) groups excluding carboxylic acids is 2. The number of methoxy groups -OCH3 is 1. The number of aliphatic hydroxyl groups excluding tert-OH is 1. The lowest BCUT2D eigenvalue weighted by atomic mass is 9.88. The number of alkyl halides is 3. The van der Waals surface area contributed by atoms with Gasteiger partial charge in [-0.05, 0) is 67.9 Å². The zero-order chi connectivity index (χ0) is 57.4. The molecule has 3 aliphatic rings. The van der Waals surface area contributed by atoms with Gasteiger partial charge in [-0.3, -0.25) is 14.6 Å². The normalized spacial score (nSPS) is 18.1. The molecule has 0 spiro atoms. The molecule has 0 saturated carbocycles. The van der Waals surface area contributed by atoms with Crippen molar-refractivity contribution in [3.8, 4) is 45.4 Å². The smallest absolute Gasteiger partial charge is 0.417 e. The monoisotopic (exact) mass is 1130 g/mol. The van der Waals surface area contributed by atoms with Crippen LogP contribution in [0.3, 0.4) is 0 Å². The topological polar surface area (TPSA) is 245 Å². The number of anilines is 2. The standard InChI is InChI=1S/C57H60ClF4N13O6/c1-29(2)50(55(78)73-18-6-7-45(73)54(77)68-44(26-76)34-12-14-35(15-13-34)48-52(58)66-17-16-65-48)75-25-43(71-72-75)33-10-8-32(9-11-33)28-80-51-47(46-31(4)41(59)21-42(64)39(46)22-63)40(57(60,61)62)20-38-49(51)69-56(81-27-30(3)79-5)70-53(38)74-24-36-19-37(74)23-67-36/h8-17,20-22,25,29-30,36-37,44-45,50,63,67,76H,6-7,18-19,23-24,26-28,64H2,1-5H3,(H,68,77)/t30-,36-,37-,44-,45-,50-/m0/s1. The second-order valence-corrected chi connectivity index (χ2v) is 21.2. The third-order valence-corrected chi connectivity index (χ3v) is 15.5. The summed E-state index contributed by atoms with van der Waals surface area (Å²) in [5.74, 6) is -2.06. The largest absolute Gasteiger partial charge is 0.486 e. The molecule has 4 aromatic carbocycles. The first-order chi connectivity index (χ1) is 38.9. The molecule has 10 rings (SSSR count). The number of ether oxygens (including phenoxy) is 3. The SMILES string of the molecule is CO[C@@H](C)COc1nc(N2C[C@@H]3C[C@H]2CN3)c2cc(C(F)(F)F)c(-c3c(C)c(F)cc(N)c3C=N)c(OCc3ccc(-c4cn([C@H](C(=O)N5CCC[C@H]5C(=O)N[C@@H](CO)c5ccc(-c6nccnc6Cl)cc5)C(C)C)nn4)cc3)c2n1. The Kier molecular flexibility index (Phi) is 16.2. The molecule has 24 heteroatoms. The van der Waals surface area contributed by atoms with E-state index >= 15 is 17.6 Å². The quantitative estimate of drug-likeness (QED) is 0.0291. The number of carbonyl (C=O) groups is 2. The van der Waals surface area contributed by atoms with Crippen molar-refractivity contribution < 1.29 is 46.5 Å². The molecule has 3 aromatic heterocycles. The summed E-state index contributed by atoms with van der Waals surface area (Å²) in [6.07, 6.45) is 1.75. The van der Waals surface area contributed by atoms with Gasteiger partial charge in [0.2, 0.25) is 11.8 Å². The maximum absolute atomic E-state index is 15.8. The Hall–Kier alpha value is -7.86. The van der Waals surface area contributed by atoms with E-state index in [0.29, 0.717) is 66.1 Å². The molecule has 6 atom stereocenters. The Morgan fingerprint density at radius 1 is 1.02 bits per heavy atom. The van der Waals surface area contributed by atoms with Gasteiger partial charge in [-0.15, -0.1) is 5.10 Å². The minimum Gasteiger partial charge on any atom is -0.486 e. The van der Waals surface area contributed by atoms with Gasteiger partial charge in [-0.1, -0.05) is 79.2 Å². The average molecular weight is 1130 g/mol. The van der Waals surface area contributed by atoms with Crippen LogP contribution in [0.15, 0.2) is 79.3 Å². The number of aliphatic hydroxyl groups is 1. The fraction of sp³-hybridized carbons (Fsp3) is 0.386. The Morgan fingerprint density at radius 3 is 2.42 bits per heavy atom. The highest BCUT2D eigenvalue weighted by Gasteiger charge is 2.44. The number of nitrogens with two attached hydrogens (primary N) is 1. The number of halogens is 5. The number of piperazine rings is 1. The molecule has 3 aliphatic heterocycles. The molecule has 81 heavy (non-hydrogen) atoms. The summed E-state index contributed by atoms with van der Waals surface area (Å²) in [6, 6.07) is 13.3. The van der Waals surface area contributed by atoms with E-state index in [1.807, 2.05) is 18.7 Å². The number of aromatic nitrogens is 7. The van der Waals surface area contributed by atoms with Crippen LogP contribution in [-0.4, -0.2) is 127 Å². The zero-order valence-electron chi connectivity index (χ0n) is 45.0. The third kappa shape index (κ3) is 11.3. The number of hydrogen-bond donors (Lipinski definition) is 5. The summed E-state index contributed by atoms with van der Waals surface area (Å²) in [6.45, 7) is 7.51. The molecule has 7 aromatic rings. The highest BCUT2D eigenvalue weighted by atomic mass is 35.5. The first kappa shape index (κ1) is 56.4. The van der Waals surface area contributed by atoms with Gasteiger partial charge in [0.15, 0.2) is 10.9 Å². The molecule has 3 saturated heterocycles. The van der Waals surface area contributed by atoms with Crippen LogP contribution >= 0.6 is 11.6 Å². The van der Waals surface area contributed by atoms with Gasteiger partial charge in [0, 0.05) is 96.3 Å². The van der Waals surface area contributed by atoms with Crippen LogP contribution in [0.2, 0.25) is 5.15 Å². The number of fused-ring (bicyclic) bond motifs is 3. The van der Waals surface area contributed by atoms with Crippen LogP contribution in [0.5, 0.6) is 11.8 Å². The summed E-state index contributed by atoms with van der Waals surface area (Å²) in [7, 11) is 1.51. The van der Waals surface area contributed by atoms with Crippen LogP contribution in [0.1, 0.15) is 79.9 Å². The number of amides is 2. The van der Waals surface area contributed by atoms with Crippen molar-refractivity contribution in [2.45, 2.75) is 96.1 Å². The second-order valence-electron chi connectivity index (χ2n) is 20.9. The van der Waals surface area contributed by atoms with Gasteiger partial charge in [0.1, 0.15) is 53.8 Å². The van der Waals surface area contributed by atoms with Crippen molar-refractivity contribution in [2.24, 2.45) is 5.92 Å². The van der Waals surface area contributed by atoms with E-state index in [1.165, 1.54) is 31.1 Å². The Labute approximate surface area is 468 Å². The number of nitrogen functional groups attached to an aromatic ring is 1. The fourth-order valence-electron chi connectivity index (χ4n) is 11.0. The van der Waals surface area contributed by atoms with Crippen molar-refractivity contribution in [3.63, 3.8) is 0 Å². The van der Waals surface area contributed by atoms with E-state index in [9.17, 15) is 14.7 Å². The Morgan fingerprint density at radius 2 is 1.77 bits per heavy atom. The average Bonchev–Trinajstić information content (AvgIpc) is 4.43. The van der Waals surface area contributed by atoms with Crippen molar-refractivity contribution in [1.82, 2.24) is 50.5 Å². The fourth-order valence-corrected chi connectivity index (χ4v) is 11.2. The van der Waals surface area contributed by atoms with E-state index in [1.54, 1.807) is 66.6 Å². The van der Waals surface area contributed by atoms with Crippen LogP contribution in [0, 0.1) is 24.1 Å². The number of likely N-dealkylation sites (tertiary alicyclic amines) is 1. The van der Waals surface area contributed by atoms with E-state index in [-0.39, 0.29) is 93.1 Å². The molecule has 19 nitrogen and oxygen atoms in total. The summed E-state index contributed by atoms with van der Waals surface area (Å²) >= 11 is 6.25. The lowest BCUT2D eigenvalue weighted by molar-refractivity contribution is -0.142. The van der Waals surface area contributed by atoms with Gasteiger partial charge in [-0.2, -0.15) is 23.1 Å². The lowest BCUT2D eigenvalue weighted by Crippen LogP contribution is -2.50. The minimum atomic E-state index is -5.04. The summed E-state index contributed by atoms with van der Waals surface area (Å²) in [5, 5.41) is 34.1. The molecular weight excluding hydrogens is 1070 g/mol. The molecule has 0 unspecified atom stereocenters. The van der Waals surface area contributed by atoms with Gasteiger partial charge < -0.3 is 50.9 Å². The molecule has 424 valence electrons. The Bertz CT molecular complexity index is 3500. The molecule has 3 fully saturated rings. The predicted molar refractivity (Wildman–Crippen MR) is 295 cm³/mol. The molecule has 6 heterocycles. The van der Waals surface area contributed by atoms with Gasteiger partial charge in [0.05, 0.1) is 30.5 Å². The molecule has 0 aliphatic carbocycles. The highest BCUT2D eigenvalue weighted by Crippen LogP contribution is 2.51. The molecule has 2 amide bonds. The maximum Gasteiger partial charge on any atom is 0.417 e. The van der Waals surface area contributed by atoms with Crippen molar-refractivity contribution in [3.05, 3.63) is 118 Å². The number of nitrogens with zero attached hydrogens (tertiary/aromatic N) is 9. The zero-order valence-corrected chi connectivity index (χ0v) is 45.7. The minimum absolute atomic E-state index is 0.0104. The van der Waals surface area contributed by atoms with Gasteiger partial charge in [0.25, 0.3) is 0 Å². The predicted octanol–water partition coefficient (Wildman–Crippen LogP) is 8.29. The van der Waals surface area contributed by atoms with Gasteiger partial charge in [-0.25, -0.2) is 14.1 Å². The van der Waals surface area contributed by atoms with Crippen LogP contribution in [-0.2, 0) is 27.1 Å². The van der Waals surface area contributed by atoms with Crippen molar-refractivity contribution in [1.29, 1.82) is 5.41 Å². The molecular formula is C57H60ClF4N13O6. The highest BCUT2D eigenvalue weighted by molar-refractivity contribution is 6.31. The van der Waals surface area contributed by atoms with Gasteiger partial charge >= 0.3 is 12.2 Å². The maximum atomic E-state index is 15.8. The number of rotatable bonds is 19. The number of hydrogen-bond acceptors (Lipinski definition) is 16. The third-order valence-electron chi connectivity index (χ3n) is 15.3. The summed E-state index contributed by atoms with van der Waals surface area (Å²) in [5.41, 5.74) is 6.94. The Balaban J connectivity index is 0.931. The first-order valence-electron chi connectivity index (χ1n) is 26.5. The second kappa shape index (κ2) is 23.3. The first-order valence-corrected chi connectivity index (χ1v) is 26.9. The lowest BCUT2D eigenvalue weighted by Gasteiger charge is -2.30. The van der Waals surface area contributed by atoms with Crippen LogP contribution in [0.25, 0.3) is 44.5 Å². The van der Waals surface area contributed by atoms with Crippen molar-refractivity contribution in [2.75, 3.05) is 50.6 Å². The van der Waals surface area contributed by atoms with E-state index in [2.05, 4.69) is 30.9 Å². The van der Waals surface area contributed by atoms with Crippen molar-refractivity contribution >= 4 is 52.0 Å². The van der Waals surface area contributed by atoms with Crippen LogP contribution in [0.4, 0.5) is 29.1 Å². The molecule has 6 N–H and O–H groups in total.